The third kappa shape index (κ3) is 2.08. The Morgan fingerprint density at radius 1 is 1.56 bits per heavy atom. The summed E-state index contributed by atoms with van der Waals surface area (Å²) >= 11 is 0. The number of hydrogen-bond donors (Lipinski definition) is 2. The number of nitrogens with one attached hydrogen (secondary N) is 1. The van der Waals surface area contributed by atoms with Crippen molar-refractivity contribution < 1.29 is 9.90 Å². The van der Waals surface area contributed by atoms with Crippen molar-refractivity contribution in [3.63, 3.8) is 0 Å². The van der Waals surface area contributed by atoms with Crippen molar-refractivity contribution in [2.45, 2.75) is 31.8 Å². The van der Waals surface area contributed by atoms with Crippen LogP contribution < -0.4 is 10.2 Å². The van der Waals surface area contributed by atoms with Crippen molar-refractivity contribution in [1.29, 1.82) is 0 Å². The molecule has 0 saturated carbocycles. The molecular formula is C14H20N2O2. The van der Waals surface area contributed by atoms with Crippen LogP contribution in [-0.4, -0.2) is 36.2 Å². The van der Waals surface area contributed by atoms with E-state index in [1.165, 1.54) is 5.56 Å². The Hall–Kier alpha value is -1.55. The van der Waals surface area contributed by atoms with Crippen LogP contribution in [0.15, 0.2) is 24.3 Å². The third-order valence-electron chi connectivity index (χ3n) is 3.86. The van der Waals surface area contributed by atoms with Gasteiger partial charge in [-0.05, 0) is 38.9 Å². The first-order chi connectivity index (χ1) is 8.48. The smallest absolute Gasteiger partial charge is 0.325 e. The lowest BCUT2D eigenvalue weighted by Crippen LogP contribution is -2.56. The number of anilines is 1. The van der Waals surface area contributed by atoms with Gasteiger partial charge in [0.05, 0.1) is 0 Å². The summed E-state index contributed by atoms with van der Waals surface area (Å²) in [6.07, 6.45) is 0.982. The van der Waals surface area contributed by atoms with Crippen LogP contribution in [-0.2, 0) is 11.2 Å². The fourth-order valence-corrected chi connectivity index (χ4v) is 2.46. The van der Waals surface area contributed by atoms with E-state index in [4.69, 9.17) is 0 Å². The zero-order valence-electron chi connectivity index (χ0n) is 11.1. The van der Waals surface area contributed by atoms with Gasteiger partial charge < -0.3 is 15.3 Å². The number of aliphatic carboxylic acids is 1. The predicted octanol–water partition coefficient (Wildman–Crippen LogP) is 1.50. The number of fused-ring (bicyclic) bond motifs is 1. The molecule has 2 N–H and O–H groups in total. The standard InChI is InChI=1S/C14H20N2O2/c1-10-8-11-6-4-5-7-12(11)16(10)9-14(2,15-3)13(17)18/h4-7,10,15H,8-9H2,1-3H3,(H,17,18). The molecule has 2 unspecified atom stereocenters. The molecule has 4 nitrogen and oxygen atoms in total. The predicted molar refractivity (Wildman–Crippen MR) is 72.1 cm³/mol. The molecule has 0 spiro atoms. The number of likely N-dealkylation sites (N-methyl/N-ethyl adjacent to an activating group) is 1. The lowest BCUT2D eigenvalue weighted by Gasteiger charge is -2.34. The molecule has 98 valence electrons. The molecule has 0 radical (unpaired) electrons. The van der Waals surface area contributed by atoms with Gasteiger partial charge in [-0.25, -0.2) is 0 Å². The van der Waals surface area contributed by atoms with Gasteiger partial charge in [-0.3, -0.25) is 4.79 Å². The van der Waals surface area contributed by atoms with E-state index in [9.17, 15) is 9.90 Å². The number of benzene rings is 1. The average Bonchev–Trinajstić information content (AvgIpc) is 2.65. The van der Waals surface area contributed by atoms with Gasteiger partial charge in [-0.1, -0.05) is 18.2 Å². The fourth-order valence-electron chi connectivity index (χ4n) is 2.46. The van der Waals surface area contributed by atoms with Gasteiger partial charge in [0.25, 0.3) is 0 Å². The molecule has 0 saturated heterocycles. The monoisotopic (exact) mass is 248 g/mol. The van der Waals surface area contributed by atoms with Crippen molar-refractivity contribution in [2.75, 3.05) is 18.5 Å². The second-order valence-electron chi connectivity index (χ2n) is 5.20. The Morgan fingerprint density at radius 2 is 2.22 bits per heavy atom. The van der Waals surface area contributed by atoms with E-state index >= 15 is 0 Å². The Labute approximate surface area is 108 Å². The maximum Gasteiger partial charge on any atom is 0.325 e. The summed E-state index contributed by atoms with van der Waals surface area (Å²) < 4.78 is 0. The fraction of sp³-hybridized carbons (Fsp3) is 0.500. The number of para-hydroxylation sites is 1. The van der Waals surface area contributed by atoms with Crippen LogP contribution in [0.25, 0.3) is 0 Å². The minimum Gasteiger partial charge on any atom is -0.480 e. The molecule has 0 bridgehead atoms. The van der Waals surface area contributed by atoms with E-state index in [2.05, 4.69) is 29.3 Å². The molecule has 4 heteroatoms. The summed E-state index contributed by atoms with van der Waals surface area (Å²) in [6, 6.07) is 8.56. The van der Waals surface area contributed by atoms with Crippen molar-refractivity contribution >= 4 is 11.7 Å². The van der Waals surface area contributed by atoms with E-state index in [0.29, 0.717) is 12.6 Å². The molecule has 0 fully saturated rings. The molecule has 1 heterocycles. The Balaban J connectivity index is 2.27. The number of carbonyl (C=O) groups is 1. The minimum absolute atomic E-state index is 0.342. The normalized spacial score (nSPS) is 21.5. The van der Waals surface area contributed by atoms with Gasteiger partial charge in [0.2, 0.25) is 0 Å². The maximum atomic E-state index is 11.4. The number of carboxylic acids is 1. The Bertz CT molecular complexity index is 461. The molecule has 0 aliphatic carbocycles. The SMILES string of the molecule is CNC(C)(CN1c2ccccc2CC1C)C(=O)O. The van der Waals surface area contributed by atoms with Gasteiger partial charge >= 0.3 is 5.97 Å². The molecular weight excluding hydrogens is 228 g/mol. The van der Waals surface area contributed by atoms with E-state index in [0.717, 1.165) is 12.1 Å². The molecule has 2 rings (SSSR count). The summed E-state index contributed by atoms with van der Waals surface area (Å²) in [5, 5.41) is 12.3. The van der Waals surface area contributed by atoms with Crippen LogP contribution >= 0.6 is 0 Å². The first-order valence-electron chi connectivity index (χ1n) is 6.25. The van der Waals surface area contributed by atoms with Crippen LogP contribution in [0.1, 0.15) is 19.4 Å². The van der Waals surface area contributed by atoms with Gasteiger partial charge in [-0.15, -0.1) is 0 Å². The summed E-state index contributed by atoms with van der Waals surface area (Å²) in [5.41, 5.74) is 1.53. The van der Waals surface area contributed by atoms with Crippen LogP contribution in [0.5, 0.6) is 0 Å². The second kappa shape index (κ2) is 4.61. The van der Waals surface area contributed by atoms with Gasteiger partial charge in [0, 0.05) is 18.3 Å². The van der Waals surface area contributed by atoms with E-state index in [-0.39, 0.29) is 0 Å². The Morgan fingerprint density at radius 3 is 2.83 bits per heavy atom. The van der Waals surface area contributed by atoms with Gasteiger partial charge in [0.1, 0.15) is 5.54 Å². The topological polar surface area (TPSA) is 52.6 Å². The average molecular weight is 248 g/mol. The van der Waals surface area contributed by atoms with Crippen molar-refractivity contribution in [2.24, 2.45) is 0 Å². The van der Waals surface area contributed by atoms with Crippen LogP contribution in [0, 0.1) is 0 Å². The summed E-state index contributed by atoms with van der Waals surface area (Å²) in [5.74, 6) is -0.818. The summed E-state index contributed by atoms with van der Waals surface area (Å²) in [4.78, 5) is 13.6. The highest BCUT2D eigenvalue weighted by atomic mass is 16.4. The minimum atomic E-state index is -0.925. The van der Waals surface area contributed by atoms with Crippen molar-refractivity contribution in [1.82, 2.24) is 5.32 Å². The molecule has 1 aromatic rings. The van der Waals surface area contributed by atoms with Gasteiger partial charge in [-0.2, -0.15) is 0 Å². The largest absolute Gasteiger partial charge is 0.480 e. The van der Waals surface area contributed by atoms with Crippen molar-refractivity contribution in [3.05, 3.63) is 29.8 Å². The van der Waals surface area contributed by atoms with E-state index in [1.807, 2.05) is 12.1 Å². The van der Waals surface area contributed by atoms with Gasteiger partial charge in [0.15, 0.2) is 0 Å². The molecule has 0 aromatic heterocycles. The first-order valence-corrected chi connectivity index (χ1v) is 6.25. The number of carboxylic acid groups (broad SMARTS) is 1. The number of nitrogens with zero attached hydrogens (tertiary/aromatic N) is 1. The molecule has 1 aromatic carbocycles. The zero-order chi connectivity index (χ0) is 13.3. The lowest BCUT2D eigenvalue weighted by molar-refractivity contribution is -0.143. The van der Waals surface area contributed by atoms with Crippen LogP contribution in [0.2, 0.25) is 0 Å². The third-order valence-corrected chi connectivity index (χ3v) is 3.86. The number of hydrogen-bond acceptors (Lipinski definition) is 3. The number of rotatable bonds is 4. The molecule has 1 aliphatic heterocycles. The van der Waals surface area contributed by atoms with Crippen molar-refractivity contribution in [3.8, 4) is 0 Å². The second-order valence-corrected chi connectivity index (χ2v) is 5.20. The van der Waals surface area contributed by atoms with E-state index < -0.39 is 11.5 Å². The molecule has 1 aliphatic rings. The summed E-state index contributed by atoms with van der Waals surface area (Å²) in [6.45, 7) is 4.33. The molecule has 18 heavy (non-hydrogen) atoms. The molecule has 2 atom stereocenters. The highest BCUT2D eigenvalue weighted by Gasteiger charge is 2.37. The first kappa shape index (κ1) is 12.9. The lowest BCUT2D eigenvalue weighted by atomic mass is 10.0. The highest BCUT2D eigenvalue weighted by molar-refractivity contribution is 5.79. The quantitative estimate of drug-likeness (QED) is 0.848. The maximum absolute atomic E-state index is 11.4. The highest BCUT2D eigenvalue weighted by Crippen LogP contribution is 2.32. The van der Waals surface area contributed by atoms with Crippen LogP contribution in [0.3, 0.4) is 0 Å². The summed E-state index contributed by atoms with van der Waals surface area (Å²) in [7, 11) is 1.70. The van der Waals surface area contributed by atoms with Crippen LogP contribution in [0.4, 0.5) is 5.69 Å². The zero-order valence-corrected chi connectivity index (χ0v) is 11.1. The Kier molecular flexibility index (Phi) is 3.30. The molecule has 0 amide bonds. The van der Waals surface area contributed by atoms with E-state index in [1.54, 1.807) is 14.0 Å².